The Morgan fingerprint density at radius 2 is 2.05 bits per heavy atom. The number of benzene rings is 1. The minimum Gasteiger partial charge on any atom is -0.342 e. The number of carbonyl (C=O) groups excluding carboxylic acids is 1. The minimum atomic E-state index is -0.130. The van der Waals surface area contributed by atoms with Crippen molar-refractivity contribution in [3.05, 3.63) is 33.7 Å². The molecule has 0 atom stereocenters. The van der Waals surface area contributed by atoms with E-state index in [1.165, 1.54) is 0 Å². The molecule has 1 aliphatic rings. The summed E-state index contributed by atoms with van der Waals surface area (Å²) in [7, 11) is 0. The van der Waals surface area contributed by atoms with E-state index in [1.807, 2.05) is 6.07 Å². The highest BCUT2D eigenvalue weighted by Gasteiger charge is 2.25. The van der Waals surface area contributed by atoms with Crippen LogP contribution < -0.4 is 5.69 Å². The molecule has 0 spiro atoms. The van der Waals surface area contributed by atoms with Gasteiger partial charge in [-0.25, -0.2) is 4.79 Å². The molecule has 1 aliphatic heterocycles. The van der Waals surface area contributed by atoms with Crippen LogP contribution >= 0.6 is 23.2 Å². The van der Waals surface area contributed by atoms with E-state index in [9.17, 15) is 9.59 Å². The van der Waals surface area contributed by atoms with E-state index < -0.39 is 0 Å². The molecule has 0 aliphatic carbocycles. The second-order valence-corrected chi connectivity index (χ2v) is 5.91. The molecule has 2 heterocycles. The number of aromatic amines is 1. The molecule has 1 N–H and O–H groups in total. The first-order valence-corrected chi connectivity index (χ1v) is 7.75. The second-order valence-electron chi connectivity index (χ2n) is 5.21. The van der Waals surface area contributed by atoms with Gasteiger partial charge in [-0.15, -0.1) is 11.6 Å². The average Bonchev–Trinajstić information content (AvgIpc) is 2.81. The number of halogens is 2. The van der Waals surface area contributed by atoms with Gasteiger partial charge in [0, 0.05) is 24.2 Å². The van der Waals surface area contributed by atoms with E-state index in [0.717, 1.165) is 23.9 Å². The molecule has 1 aromatic carbocycles. The number of aromatic nitrogens is 2. The van der Waals surface area contributed by atoms with Crippen LogP contribution in [0.1, 0.15) is 18.9 Å². The number of rotatable bonds is 2. The quantitative estimate of drug-likeness (QED) is 0.861. The molecule has 3 rings (SSSR count). The van der Waals surface area contributed by atoms with Crippen molar-refractivity contribution in [1.29, 1.82) is 0 Å². The monoisotopic (exact) mass is 327 g/mol. The predicted molar refractivity (Wildman–Crippen MR) is 83.1 cm³/mol. The summed E-state index contributed by atoms with van der Waals surface area (Å²) in [6, 6.07) is 5.47. The first-order chi connectivity index (χ1) is 10.1. The molecule has 0 saturated carbocycles. The van der Waals surface area contributed by atoms with E-state index in [4.69, 9.17) is 23.2 Å². The summed E-state index contributed by atoms with van der Waals surface area (Å²) in [6.45, 7) is 1.26. The highest BCUT2D eigenvalue weighted by molar-refractivity contribution is 6.31. The van der Waals surface area contributed by atoms with Crippen molar-refractivity contribution in [2.45, 2.75) is 18.9 Å². The van der Waals surface area contributed by atoms with Crippen LogP contribution in [0.5, 0.6) is 0 Å². The fourth-order valence-corrected chi connectivity index (χ4v) is 3.26. The zero-order chi connectivity index (χ0) is 15.0. The molecule has 7 heteroatoms. The lowest BCUT2D eigenvalue weighted by molar-refractivity contribution is -0.129. The van der Waals surface area contributed by atoms with Crippen molar-refractivity contribution in [1.82, 2.24) is 14.5 Å². The van der Waals surface area contributed by atoms with Crippen LogP contribution in [-0.2, 0) is 4.79 Å². The van der Waals surface area contributed by atoms with Crippen LogP contribution in [0.25, 0.3) is 11.0 Å². The standard InChI is InChI=1S/C14H15Cl2N3O2/c15-8-13(20)18-5-3-10(4-6-18)19-12-2-1-9(16)7-11(12)17-14(19)21/h1-2,7,10H,3-6,8H2,(H,17,21). The van der Waals surface area contributed by atoms with E-state index in [2.05, 4.69) is 4.98 Å². The minimum absolute atomic E-state index is 0.0101. The second kappa shape index (κ2) is 5.73. The highest BCUT2D eigenvalue weighted by atomic mass is 35.5. The zero-order valence-electron chi connectivity index (χ0n) is 11.3. The van der Waals surface area contributed by atoms with E-state index in [0.29, 0.717) is 18.1 Å². The van der Waals surface area contributed by atoms with Gasteiger partial charge in [0.2, 0.25) is 5.91 Å². The number of H-pyrrole nitrogens is 1. The van der Waals surface area contributed by atoms with Gasteiger partial charge in [-0.3, -0.25) is 9.36 Å². The topological polar surface area (TPSA) is 58.1 Å². The third kappa shape index (κ3) is 2.68. The lowest BCUT2D eigenvalue weighted by atomic mass is 10.0. The maximum absolute atomic E-state index is 12.2. The maximum Gasteiger partial charge on any atom is 0.326 e. The summed E-state index contributed by atoms with van der Waals surface area (Å²) in [5.74, 6) is -0.0379. The van der Waals surface area contributed by atoms with E-state index in [-0.39, 0.29) is 23.5 Å². The molecule has 1 fully saturated rings. The molecule has 1 aromatic heterocycles. The molecule has 0 radical (unpaired) electrons. The Labute approximate surface area is 131 Å². The van der Waals surface area contributed by atoms with Crippen LogP contribution in [-0.4, -0.2) is 39.3 Å². The molecule has 112 valence electrons. The van der Waals surface area contributed by atoms with E-state index in [1.54, 1.807) is 21.6 Å². The van der Waals surface area contributed by atoms with Crippen LogP contribution in [0, 0.1) is 0 Å². The molecule has 2 aromatic rings. The van der Waals surface area contributed by atoms with Gasteiger partial charge in [0.05, 0.1) is 11.0 Å². The van der Waals surface area contributed by atoms with Gasteiger partial charge in [-0.1, -0.05) is 11.6 Å². The zero-order valence-corrected chi connectivity index (χ0v) is 12.8. The Balaban J connectivity index is 1.87. The first kappa shape index (κ1) is 14.5. The van der Waals surface area contributed by atoms with E-state index >= 15 is 0 Å². The number of carbonyl (C=O) groups is 1. The number of amides is 1. The number of likely N-dealkylation sites (tertiary alicyclic amines) is 1. The van der Waals surface area contributed by atoms with Gasteiger partial charge in [0.25, 0.3) is 0 Å². The number of fused-ring (bicyclic) bond motifs is 1. The molecular formula is C14H15Cl2N3O2. The number of piperidine rings is 1. The molecule has 21 heavy (non-hydrogen) atoms. The maximum atomic E-state index is 12.2. The number of hydrogen-bond donors (Lipinski definition) is 1. The SMILES string of the molecule is O=C(CCl)N1CCC(n2c(=O)[nH]c3cc(Cl)ccc32)CC1. The van der Waals surface area contributed by atoms with Crippen LogP contribution in [0.3, 0.4) is 0 Å². The summed E-state index contributed by atoms with van der Waals surface area (Å²) < 4.78 is 1.77. The van der Waals surface area contributed by atoms with Gasteiger partial charge in [-0.05, 0) is 31.0 Å². The summed E-state index contributed by atoms with van der Waals surface area (Å²) in [6.07, 6.45) is 1.50. The van der Waals surface area contributed by atoms with Gasteiger partial charge >= 0.3 is 5.69 Å². The van der Waals surface area contributed by atoms with Crippen LogP contribution in [0.2, 0.25) is 5.02 Å². The fourth-order valence-electron chi connectivity index (χ4n) is 2.92. The number of nitrogens with one attached hydrogen (secondary N) is 1. The van der Waals surface area contributed by atoms with Crippen molar-refractivity contribution in [3.63, 3.8) is 0 Å². The first-order valence-electron chi connectivity index (χ1n) is 6.83. The molecule has 1 amide bonds. The Bertz CT molecular complexity index is 729. The highest BCUT2D eigenvalue weighted by Crippen LogP contribution is 2.26. The summed E-state index contributed by atoms with van der Waals surface area (Å²) in [4.78, 5) is 28.3. The third-order valence-corrected chi connectivity index (χ3v) is 4.44. The Kier molecular flexibility index (Phi) is 3.95. The normalized spacial score (nSPS) is 16.6. The molecular weight excluding hydrogens is 313 g/mol. The van der Waals surface area contributed by atoms with Crippen LogP contribution in [0.4, 0.5) is 0 Å². The summed E-state index contributed by atoms with van der Waals surface area (Å²) in [5.41, 5.74) is 1.47. The average molecular weight is 328 g/mol. The van der Waals surface area contributed by atoms with Gasteiger partial charge in [-0.2, -0.15) is 0 Å². The van der Waals surface area contributed by atoms with Crippen molar-refractivity contribution < 1.29 is 4.79 Å². The van der Waals surface area contributed by atoms with Gasteiger partial charge < -0.3 is 9.88 Å². The lowest BCUT2D eigenvalue weighted by Gasteiger charge is -2.32. The Morgan fingerprint density at radius 3 is 2.71 bits per heavy atom. The van der Waals surface area contributed by atoms with Crippen molar-refractivity contribution in [3.8, 4) is 0 Å². The van der Waals surface area contributed by atoms with Crippen molar-refractivity contribution >= 4 is 40.1 Å². The van der Waals surface area contributed by atoms with Crippen LogP contribution in [0.15, 0.2) is 23.0 Å². The number of alkyl halides is 1. The third-order valence-electron chi connectivity index (χ3n) is 3.98. The predicted octanol–water partition coefficient (Wildman–Crippen LogP) is 2.39. The smallest absolute Gasteiger partial charge is 0.326 e. The summed E-state index contributed by atoms with van der Waals surface area (Å²) >= 11 is 11.5. The molecule has 0 bridgehead atoms. The number of nitrogens with zero attached hydrogens (tertiary/aromatic N) is 2. The fraction of sp³-hybridized carbons (Fsp3) is 0.429. The number of hydrogen-bond acceptors (Lipinski definition) is 2. The molecule has 1 saturated heterocycles. The Morgan fingerprint density at radius 1 is 1.33 bits per heavy atom. The van der Waals surface area contributed by atoms with Crippen molar-refractivity contribution in [2.24, 2.45) is 0 Å². The lowest BCUT2D eigenvalue weighted by Crippen LogP contribution is -2.41. The Hall–Kier alpha value is -1.46. The van der Waals surface area contributed by atoms with Gasteiger partial charge in [0.15, 0.2) is 0 Å². The largest absolute Gasteiger partial charge is 0.342 e. The van der Waals surface area contributed by atoms with Gasteiger partial charge in [0.1, 0.15) is 5.88 Å². The summed E-state index contributed by atoms with van der Waals surface area (Å²) in [5, 5.41) is 0.596. The molecule has 5 nitrogen and oxygen atoms in total. The van der Waals surface area contributed by atoms with Crippen molar-refractivity contribution in [2.75, 3.05) is 19.0 Å². The number of imidazole rings is 1. The molecule has 0 unspecified atom stereocenters.